The van der Waals surface area contributed by atoms with Gasteiger partial charge < -0.3 is 5.73 Å². The van der Waals surface area contributed by atoms with Gasteiger partial charge in [0, 0.05) is 24.0 Å². The highest BCUT2D eigenvalue weighted by Crippen LogP contribution is 2.21. The van der Waals surface area contributed by atoms with E-state index < -0.39 is 0 Å². The Balaban J connectivity index is 2.48. The smallest absolute Gasteiger partial charge is 0.220 e. The quantitative estimate of drug-likeness (QED) is 0.832. The van der Waals surface area contributed by atoms with Crippen LogP contribution in [-0.2, 0) is 0 Å². The summed E-state index contributed by atoms with van der Waals surface area (Å²) in [6.07, 6.45) is 3.64. The van der Waals surface area contributed by atoms with Crippen molar-refractivity contribution in [2.45, 2.75) is 26.8 Å². The van der Waals surface area contributed by atoms with Gasteiger partial charge in [0.2, 0.25) is 5.95 Å². The summed E-state index contributed by atoms with van der Waals surface area (Å²) in [7, 11) is 0. The number of hydrogen-bond acceptors (Lipinski definition) is 4. The van der Waals surface area contributed by atoms with Crippen molar-refractivity contribution in [3.8, 4) is 11.3 Å². The molecule has 5 nitrogen and oxygen atoms in total. The van der Waals surface area contributed by atoms with Gasteiger partial charge in [-0.3, -0.25) is 4.68 Å². The molecule has 16 heavy (non-hydrogen) atoms. The lowest BCUT2D eigenvalue weighted by atomic mass is 10.2. The third kappa shape index (κ3) is 1.88. The molecule has 5 heteroatoms. The van der Waals surface area contributed by atoms with Crippen LogP contribution in [0.25, 0.3) is 11.3 Å². The molecule has 0 spiro atoms. The van der Waals surface area contributed by atoms with Crippen LogP contribution in [0.2, 0.25) is 0 Å². The molecule has 84 valence electrons. The highest BCUT2D eigenvalue weighted by molar-refractivity contribution is 5.61. The summed E-state index contributed by atoms with van der Waals surface area (Å²) in [5.41, 5.74) is 8.33. The van der Waals surface area contributed by atoms with E-state index in [9.17, 15) is 0 Å². The molecule has 0 saturated carbocycles. The number of nitrogen functional groups attached to an aromatic ring is 1. The minimum absolute atomic E-state index is 0.286. The van der Waals surface area contributed by atoms with E-state index in [0.717, 1.165) is 17.0 Å². The van der Waals surface area contributed by atoms with Gasteiger partial charge in [0.15, 0.2) is 0 Å². The van der Waals surface area contributed by atoms with Crippen LogP contribution < -0.4 is 5.73 Å². The van der Waals surface area contributed by atoms with Crippen molar-refractivity contribution in [3.63, 3.8) is 0 Å². The Morgan fingerprint density at radius 2 is 2.12 bits per heavy atom. The van der Waals surface area contributed by atoms with Gasteiger partial charge in [-0.1, -0.05) is 0 Å². The van der Waals surface area contributed by atoms with E-state index in [0.29, 0.717) is 6.04 Å². The molecular weight excluding hydrogens is 202 g/mol. The standard InChI is InChI=1S/C11H15N5/c1-7(2)16-6-9(8(3)15-16)10-4-5-13-11(12)14-10/h4-7H,1-3H3,(H2,12,13,14). The number of nitrogens with two attached hydrogens (primary N) is 1. The molecule has 0 radical (unpaired) electrons. The summed E-state index contributed by atoms with van der Waals surface area (Å²) in [5, 5.41) is 4.43. The molecule has 2 N–H and O–H groups in total. The molecule has 2 aromatic rings. The van der Waals surface area contributed by atoms with Gasteiger partial charge in [-0.2, -0.15) is 5.10 Å². The SMILES string of the molecule is Cc1nn(C(C)C)cc1-c1ccnc(N)n1. The van der Waals surface area contributed by atoms with Gasteiger partial charge in [0.1, 0.15) is 0 Å². The normalized spacial score (nSPS) is 11.0. The maximum Gasteiger partial charge on any atom is 0.220 e. The summed E-state index contributed by atoms with van der Waals surface area (Å²) in [4.78, 5) is 8.07. The third-order valence-corrected chi connectivity index (χ3v) is 2.40. The molecule has 2 rings (SSSR count). The fourth-order valence-electron chi connectivity index (χ4n) is 1.52. The average Bonchev–Trinajstić information content (AvgIpc) is 2.60. The first-order valence-corrected chi connectivity index (χ1v) is 5.22. The Morgan fingerprint density at radius 1 is 1.38 bits per heavy atom. The minimum Gasteiger partial charge on any atom is -0.368 e. The third-order valence-electron chi connectivity index (χ3n) is 2.40. The average molecular weight is 217 g/mol. The van der Waals surface area contributed by atoms with Crippen molar-refractivity contribution in [2.75, 3.05) is 5.73 Å². The second kappa shape index (κ2) is 3.92. The zero-order chi connectivity index (χ0) is 11.7. The van der Waals surface area contributed by atoms with E-state index in [1.54, 1.807) is 6.20 Å². The first kappa shape index (κ1) is 10.6. The lowest BCUT2D eigenvalue weighted by molar-refractivity contribution is 0.529. The van der Waals surface area contributed by atoms with Crippen molar-refractivity contribution >= 4 is 5.95 Å². The molecule has 0 unspecified atom stereocenters. The maximum absolute atomic E-state index is 5.56. The molecule has 0 aromatic carbocycles. The summed E-state index contributed by atoms with van der Waals surface area (Å²) < 4.78 is 1.92. The molecule has 0 aliphatic rings. The zero-order valence-corrected chi connectivity index (χ0v) is 9.68. The fourth-order valence-corrected chi connectivity index (χ4v) is 1.52. The van der Waals surface area contributed by atoms with E-state index in [1.165, 1.54) is 0 Å². The van der Waals surface area contributed by atoms with Crippen molar-refractivity contribution in [3.05, 3.63) is 24.2 Å². The summed E-state index contributed by atoms with van der Waals surface area (Å²) in [5.74, 6) is 0.286. The predicted octanol–water partition coefficient (Wildman–Crippen LogP) is 1.81. The van der Waals surface area contributed by atoms with Gasteiger partial charge in [-0.15, -0.1) is 0 Å². The number of rotatable bonds is 2. The molecule has 0 bridgehead atoms. The number of hydrogen-bond donors (Lipinski definition) is 1. The molecule has 2 heterocycles. The van der Waals surface area contributed by atoms with Gasteiger partial charge in [-0.25, -0.2) is 9.97 Å². The highest BCUT2D eigenvalue weighted by Gasteiger charge is 2.10. The number of aromatic nitrogens is 4. The molecule has 0 amide bonds. The van der Waals surface area contributed by atoms with E-state index in [4.69, 9.17) is 5.73 Å². The molecule has 0 atom stereocenters. The van der Waals surface area contributed by atoms with Crippen molar-refractivity contribution in [1.29, 1.82) is 0 Å². The topological polar surface area (TPSA) is 69.6 Å². The van der Waals surface area contributed by atoms with Gasteiger partial charge in [0.05, 0.1) is 11.4 Å². The number of anilines is 1. The Hall–Kier alpha value is -1.91. The van der Waals surface area contributed by atoms with Crippen molar-refractivity contribution in [1.82, 2.24) is 19.7 Å². The monoisotopic (exact) mass is 217 g/mol. The number of nitrogens with zero attached hydrogens (tertiary/aromatic N) is 4. The Kier molecular flexibility index (Phi) is 2.60. The fraction of sp³-hybridized carbons (Fsp3) is 0.364. The van der Waals surface area contributed by atoms with Crippen molar-refractivity contribution < 1.29 is 0 Å². The highest BCUT2D eigenvalue weighted by atomic mass is 15.3. The predicted molar refractivity (Wildman–Crippen MR) is 62.8 cm³/mol. The van der Waals surface area contributed by atoms with Crippen LogP contribution in [0.4, 0.5) is 5.95 Å². The molecule has 0 aliphatic heterocycles. The molecular formula is C11H15N5. The van der Waals surface area contributed by atoms with Crippen LogP contribution in [0.1, 0.15) is 25.6 Å². The van der Waals surface area contributed by atoms with Crippen molar-refractivity contribution in [2.24, 2.45) is 0 Å². The van der Waals surface area contributed by atoms with Crippen LogP contribution in [0, 0.1) is 6.92 Å². The Bertz CT molecular complexity index is 501. The van der Waals surface area contributed by atoms with E-state index in [-0.39, 0.29) is 5.95 Å². The van der Waals surface area contributed by atoms with Crippen LogP contribution in [0.3, 0.4) is 0 Å². The van der Waals surface area contributed by atoms with Crippen LogP contribution in [-0.4, -0.2) is 19.7 Å². The summed E-state index contributed by atoms with van der Waals surface area (Å²) in [6, 6.07) is 2.18. The molecule has 0 aliphatic carbocycles. The van der Waals surface area contributed by atoms with Gasteiger partial charge in [0.25, 0.3) is 0 Å². The zero-order valence-electron chi connectivity index (χ0n) is 9.68. The van der Waals surface area contributed by atoms with Gasteiger partial charge >= 0.3 is 0 Å². The largest absolute Gasteiger partial charge is 0.368 e. The summed E-state index contributed by atoms with van der Waals surface area (Å²) in [6.45, 7) is 6.14. The van der Waals surface area contributed by atoms with Crippen LogP contribution in [0.15, 0.2) is 18.5 Å². The molecule has 0 fully saturated rings. The lowest BCUT2D eigenvalue weighted by Gasteiger charge is -2.02. The van der Waals surface area contributed by atoms with Gasteiger partial charge in [-0.05, 0) is 26.8 Å². The first-order valence-electron chi connectivity index (χ1n) is 5.22. The Labute approximate surface area is 94.3 Å². The minimum atomic E-state index is 0.286. The first-order chi connectivity index (χ1) is 7.58. The van der Waals surface area contributed by atoms with E-state index in [1.807, 2.05) is 23.9 Å². The van der Waals surface area contributed by atoms with Crippen LogP contribution in [0.5, 0.6) is 0 Å². The second-order valence-electron chi connectivity index (χ2n) is 4.00. The second-order valence-corrected chi connectivity index (χ2v) is 4.00. The van der Waals surface area contributed by atoms with E-state index >= 15 is 0 Å². The van der Waals surface area contributed by atoms with E-state index in [2.05, 4.69) is 28.9 Å². The Morgan fingerprint density at radius 3 is 2.69 bits per heavy atom. The molecule has 2 aromatic heterocycles. The maximum atomic E-state index is 5.56. The number of aryl methyl sites for hydroxylation is 1. The summed E-state index contributed by atoms with van der Waals surface area (Å²) >= 11 is 0. The lowest BCUT2D eigenvalue weighted by Crippen LogP contribution is -2.00. The molecule has 0 saturated heterocycles. The van der Waals surface area contributed by atoms with Crippen LogP contribution >= 0.6 is 0 Å².